The number of hydrogen-bond acceptors (Lipinski definition) is 5. The summed E-state index contributed by atoms with van der Waals surface area (Å²) in [5, 5.41) is 0.896. The van der Waals surface area contributed by atoms with E-state index in [1.54, 1.807) is 6.07 Å². The second kappa shape index (κ2) is 6.97. The molecule has 0 unspecified atom stereocenters. The van der Waals surface area contributed by atoms with Crippen LogP contribution in [0, 0.1) is 6.92 Å². The zero-order chi connectivity index (χ0) is 18.1. The van der Waals surface area contributed by atoms with Crippen LogP contribution in [-0.2, 0) is 4.84 Å². The Labute approximate surface area is 158 Å². The Morgan fingerprint density at radius 3 is 2.77 bits per heavy atom. The van der Waals surface area contributed by atoms with Crippen LogP contribution in [0.1, 0.15) is 11.1 Å². The second-order valence-electron chi connectivity index (χ2n) is 6.06. The zero-order valence-corrected chi connectivity index (χ0v) is 15.6. The van der Waals surface area contributed by atoms with Crippen molar-refractivity contribution in [3.05, 3.63) is 80.6 Å². The molecule has 26 heavy (non-hydrogen) atoms. The summed E-state index contributed by atoms with van der Waals surface area (Å²) >= 11 is 3.42. The Morgan fingerprint density at radius 1 is 1.15 bits per heavy atom. The van der Waals surface area contributed by atoms with Gasteiger partial charge in [-0.2, -0.15) is 0 Å². The Bertz CT molecular complexity index is 1040. The summed E-state index contributed by atoms with van der Waals surface area (Å²) in [7, 11) is 0. The summed E-state index contributed by atoms with van der Waals surface area (Å²) in [6.45, 7) is 2.22. The lowest BCUT2D eigenvalue weighted by atomic mass is 10.1. The van der Waals surface area contributed by atoms with Crippen LogP contribution in [0.4, 0.5) is 0 Å². The highest BCUT2D eigenvalue weighted by Crippen LogP contribution is 2.24. The topological polar surface area (TPSA) is 60.7 Å². The number of aryl methyl sites for hydroxylation is 1. The molecule has 132 valence electrons. The monoisotopic (exact) mass is 413 g/mol. The minimum atomic E-state index is -0.363. The summed E-state index contributed by atoms with van der Waals surface area (Å²) in [6.07, 6.45) is 1.77. The maximum Gasteiger partial charge on any atom is 0.336 e. The van der Waals surface area contributed by atoms with Crippen LogP contribution in [0.15, 0.2) is 68.3 Å². The first-order valence-electron chi connectivity index (χ1n) is 8.15. The van der Waals surface area contributed by atoms with E-state index in [1.165, 1.54) is 6.07 Å². The number of ether oxygens (including phenoxy) is 1. The van der Waals surface area contributed by atoms with Crippen LogP contribution in [0.3, 0.4) is 0 Å². The highest BCUT2D eigenvalue weighted by Gasteiger charge is 2.18. The van der Waals surface area contributed by atoms with Crippen LogP contribution in [0.5, 0.6) is 5.75 Å². The van der Waals surface area contributed by atoms with Gasteiger partial charge in [-0.05, 0) is 48.4 Å². The van der Waals surface area contributed by atoms with E-state index in [0.29, 0.717) is 17.9 Å². The van der Waals surface area contributed by atoms with E-state index in [2.05, 4.69) is 21.4 Å². The molecule has 6 heteroatoms. The highest BCUT2D eigenvalue weighted by atomic mass is 79.9. The summed E-state index contributed by atoms with van der Waals surface area (Å²) in [5.74, 6) is 0.625. The van der Waals surface area contributed by atoms with Gasteiger partial charge in [-0.25, -0.2) is 4.79 Å². The highest BCUT2D eigenvalue weighted by molar-refractivity contribution is 9.10. The van der Waals surface area contributed by atoms with Crippen molar-refractivity contribution in [1.82, 2.24) is 5.48 Å². The second-order valence-corrected chi connectivity index (χ2v) is 6.98. The van der Waals surface area contributed by atoms with Gasteiger partial charge in [0.05, 0.1) is 5.70 Å². The number of halogens is 1. The number of benzene rings is 2. The van der Waals surface area contributed by atoms with Crippen molar-refractivity contribution in [1.29, 1.82) is 0 Å². The van der Waals surface area contributed by atoms with Gasteiger partial charge in [0, 0.05) is 22.0 Å². The Balaban J connectivity index is 1.47. The van der Waals surface area contributed by atoms with Gasteiger partial charge in [0.2, 0.25) is 0 Å². The van der Waals surface area contributed by atoms with Crippen LogP contribution in [-0.4, -0.2) is 12.7 Å². The third-order valence-corrected chi connectivity index (χ3v) is 4.69. The molecule has 2 aromatic carbocycles. The fourth-order valence-electron chi connectivity index (χ4n) is 2.83. The van der Waals surface area contributed by atoms with E-state index in [1.807, 2.05) is 49.4 Å². The SMILES string of the molecule is Cc1cc(=O)oc2cc(OC[C@H]3C=C(c4ccc(Br)cc4)NO3)ccc12. The smallest absolute Gasteiger partial charge is 0.336 e. The van der Waals surface area contributed by atoms with Gasteiger partial charge in [0.1, 0.15) is 24.0 Å². The number of hydrogen-bond donors (Lipinski definition) is 1. The predicted molar refractivity (Wildman–Crippen MR) is 103 cm³/mol. The first kappa shape index (κ1) is 16.9. The molecule has 0 saturated heterocycles. The number of rotatable bonds is 4. The summed E-state index contributed by atoms with van der Waals surface area (Å²) in [6, 6.07) is 14.9. The summed E-state index contributed by atoms with van der Waals surface area (Å²) in [4.78, 5) is 17.1. The molecule has 5 nitrogen and oxygen atoms in total. The largest absolute Gasteiger partial charge is 0.490 e. The Kier molecular flexibility index (Phi) is 4.53. The third kappa shape index (κ3) is 3.52. The zero-order valence-electron chi connectivity index (χ0n) is 14.0. The van der Waals surface area contributed by atoms with Gasteiger partial charge in [-0.1, -0.05) is 28.1 Å². The van der Waals surface area contributed by atoms with Crippen LogP contribution in [0.2, 0.25) is 0 Å². The molecule has 3 aromatic rings. The molecular formula is C20H16BrNO4. The van der Waals surface area contributed by atoms with E-state index in [4.69, 9.17) is 14.0 Å². The minimum Gasteiger partial charge on any atom is -0.490 e. The molecule has 0 saturated carbocycles. The van der Waals surface area contributed by atoms with Gasteiger partial charge in [-0.15, -0.1) is 0 Å². The fourth-order valence-corrected chi connectivity index (χ4v) is 3.10. The lowest BCUT2D eigenvalue weighted by Crippen LogP contribution is -2.19. The van der Waals surface area contributed by atoms with Gasteiger partial charge < -0.3 is 9.15 Å². The first-order chi connectivity index (χ1) is 12.6. The molecule has 1 aromatic heterocycles. The number of hydroxylamine groups is 1. The van der Waals surface area contributed by atoms with Crippen molar-refractivity contribution in [2.24, 2.45) is 0 Å². The van der Waals surface area contributed by atoms with E-state index in [9.17, 15) is 4.79 Å². The average Bonchev–Trinajstić information content (AvgIpc) is 3.09. The van der Waals surface area contributed by atoms with Crippen molar-refractivity contribution in [2.45, 2.75) is 13.0 Å². The Morgan fingerprint density at radius 2 is 1.96 bits per heavy atom. The van der Waals surface area contributed by atoms with E-state index < -0.39 is 0 Å². The van der Waals surface area contributed by atoms with Crippen molar-refractivity contribution >= 4 is 32.6 Å². The molecule has 1 aliphatic heterocycles. The normalized spacial score (nSPS) is 16.4. The molecule has 4 rings (SSSR count). The maximum atomic E-state index is 11.5. The van der Waals surface area contributed by atoms with Crippen molar-refractivity contribution in [2.75, 3.05) is 6.61 Å². The van der Waals surface area contributed by atoms with Crippen LogP contribution >= 0.6 is 15.9 Å². The average molecular weight is 414 g/mol. The number of nitrogens with one attached hydrogen (secondary N) is 1. The fraction of sp³-hybridized carbons (Fsp3) is 0.150. The number of fused-ring (bicyclic) bond motifs is 1. The van der Waals surface area contributed by atoms with Crippen LogP contribution in [0.25, 0.3) is 16.7 Å². The van der Waals surface area contributed by atoms with Crippen LogP contribution < -0.4 is 15.8 Å². The molecule has 1 aliphatic rings. The summed E-state index contributed by atoms with van der Waals surface area (Å²) < 4.78 is 12.1. The molecule has 0 fully saturated rings. The quantitative estimate of drug-likeness (QED) is 0.649. The third-order valence-electron chi connectivity index (χ3n) is 4.17. The van der Waals surface area contributed by atoms with Crippen molar-refractivity contribution < 1.29 is 14.0 Å². The molecule has 1 N–H and O–H groups in total. The van der Waals surface area contributed by atoms with E-state index in [-0.39, 0.29) is 11.7 Å². The molecule has 0 amide bonds. The predicted octanol–water partition coefficient (Wildman–Crippen LogP) is 4.19. The molecule has 2 heterocycles. The van der Waals surface area contributed by atoms with E-state index in [0.717, 1.165) is 26.7 Å². The molecule has 0 radical (unpaired) electrons. The maximum absolute atomic E-state index is 11.5. The van der Waals surface area contributed by atoms with Crippen molar-refractivity contribution in [3.63, 3.8) is 0 Å². The molecule has 0 bridgehead atoms. The molecule has 0 aliphatic carbocycles. The van der Waals surface area contributed by atoms with Gasteiger partial charge in [-0.3, -0.25) is 10.3 Å². The van der Waals surface area contributed by atoms with Gasteiger partial charge >= 0.3 is 5.63 Å². The Hall–Kier alpha value is -2.57. The van der Waals surface area contributed by atoms with Gasteiger partial charge in [0.25, 0.3) is 0 Å². The van der Waals surface area contributed by atoms with E-state index >= 15 is 0 Å². The molecule has 1 atom stereocenters. The molecule has 0 spiro atoms. The van der Waals surface area contributed by atoms with Gasteiger partial charge in [0.15, 0.2) is 0 Å². The van der Waals surface area contributed by atoms with Crippen molar-refractivity contribution in [3.8, 4) is 5.75 Å². The lowest BCUT2D eigenvalue weighted by Gasteiger charge is -2.10. The minimum absolute atomic E-state index is 0.214. The summed E-state index contributed by atoms with van der Waals surface area (Å²) in [5.41, 5.74) is 5.92. The standard InChI is InChI=1S/C20H16BrNO4/c1-12-8-20(23)25-19-10-15(6-7-17(12)19)24-11-16-9-18(22-26-16)13-2-4-14(21)5-3-13/h2-10,16,22H,11H2,1H3/t16-/m1/s1. The first-order valence-corrected chi connectivity index (χ1v) is 8.94. The lowest BCUT2D eigenvalue weighted by molar-refractivity contribution is 0.0236. The molecular weight excluding hydrogens is 398 g/mol.